The molecule has 110 valence electrons. The van der Waals surface area contributed by atoms with Crippen molar-refractivity contribution in [3.8, 4) is 0 Å². The number of aromatic nitrogens is 1. The second kappa shape index (κ2) is 5.95. The molecule has 1 saturated carbocycles. The first kappa shape index (κ1) is 13.6. The van der Waals surface area contributed by atoms with Crippen LogP contribution in [0.5, 0.6) is 0 Å². The van der Waals surface area contributed by atoms with Gasteiger partial charge in [-0.3, -0.25) is 4.79 Å². The van der Waals surface area contributed by atoms with Crippen molar-refractivity contribution in [2.45, 2.75) is 57.0 Å². The Bertz CT molecular complexity index is 463. The molecule has 20 heavy (non-hydrogen) atoms. The van der Waals surface area contributed by atoms with Crippen molar-refractivity contribution in [3.05, 3.63) is 17.8 Å². The Morgan fingerprint density at radius 1 is 1.30 bits per heavy atom. The van der Waals surface area contributed by atoms with E-state index in [4.69, 9.17) is 4.42 Å². The smallest absolute Gasteiger partial charge is 0.247 e. The molecular weight excluding hydrogens is 254 g/mol. The van der Waals surface area contributed by atoms with E-state index in [1.54, 1.807) is 0 Å². The van der Waals surface area contributed by atoms with E-state index in [1.165, 1.54) is 32.1 Å². The van der Waals surface area contributed by atoms with Gasteiger partial charge in [-0.2, -0.15) is 0 Å². The minimum Gasteiger partial charge on any atom is -0.446 e. The molecule has 0 spiro atoms. The fraction of sp³-hybridized carbons (Fsp3) is 0.733. The monoisotopic (exact) mass is 277 g/mol. The van der Waals surface area contributed by atoms with Crippen molar-refractivity contribution < 1.29 is 9.21 Å². The summed E-state index contributed by atoms with van der Waals surface area (Å²) in [6.45, 7) is 0.765. The molecule has 0 bridgehead atoms. The lowest BCUT2D eigenvalue weighted by Crippen LogP contribution is -2.45. The number of nitrogens with one attached hydrogen (secondary N) is 1. The van der Waals surface area contributed by atoms with E-state index in [2.05, 4.69) is 15.2 Å². The van der Waals surface area contributed by atoms with E-state index in [0.29, 0.717) is 11.8 Å². The van der Waals surface area contributed by atoms with Gasteiger partial charge in [0.05, 0.1) is 5.69 Å². The van der Waals surface area contributed by atoms with Crippen molar-refractivity contribution in [3.63, 3.8) is 0 Å². The maximum atomic E-state index is 12.8. The summed E-state index contributed by atoms with van der Waals surface area (Å²) in [7, 11) is 1.81. The molecule has 5 nitrogen and oxygen atoms in total. The van der Waals surface area contributed by atoms with Gasteiger partial charge in [0.15, 0.2) is 12.2 Å². The SMILES string of the molecule is CNC1C(=O)N(C2CCCCCC2)CCc2ncoc21. The van der Waals surface area contributed by atoms with E-state index < -0.39 is 0 Å². The zero-order valence-corrected chi connectivity index (χ0v) is 12.1. The Morgan fingerprint density at radius 2 is 2.05 bits per heavy atom. The van der Waals surface area contributed by atoms with Crippen LogP contribution in [0, 0.1) is 0 Å². The highest BCUT2D eigenvalue weighted by molar-refractivity contribution is 5.83. The largest absolute Gasteiger partial charge is 0.446 e. The van der Waals surface area contributed by atoms with Gasteiger partial charge in [0, 0.05) is 19.0 Å². The minimum absolute atomic E-state index is 0.148. The summed E-state index contributed by atoms with van der Waals surface area (Å²) in [5.41, 5.74) is 0.925. The lowest BCUT2D eigenvalue weighted by atomic mass is 10.1. The number of fused-ring (bicyclic) bond motifs is 1. The highest BCUT2D eigenvalue weighted by atomic mass is 16.3. The molecule has 1 atom stereocenters. The van der Waals surface area contributed by atoms with Gasteiger partial charge in [-0.05, 0) is 19.9 Å². The normalized spacial score (nSPS) is 25.1. The van der Waals surface area contributed by atoms with Crippen LogP contribution in [0.3, 0.4) is 0 Å². The van der Waals surface area contributed by atoms with Crippen LogP contribution in [-0.2, 0) is 11.2 Å². The molecule has 1 amide bonds. The molecule has 1 aliphatic carbocycles. The number of hydrogen-bond donors (Lipinski definition) is 1. The Labute approximate surface area is 119 Å². The molecule has 0 radical (unpaired) electrons. The fourth-order valence-corrected chi connectivity index (χ4v) is 3.50. The van der Waals surface area contributed by atoms with Gasteiger partial charge >= 0.3 is 0 Å². The van der Waals surface area contributed by atoms with Gasteiger partial charge in [-0.1, -0.05) is 25.7 Å². The van der Waals surface area contributed by atoms with Crippen LogP contribution in [-0.4, -0.2) is 35.4 Å². The van der Waals surface area contributed by atoms with Crippen molar-refractivity contribution in [2.75, 3.05) is 13.6 Å². The van der Waals surface area contributed by atoms with Crippen LogP contribution in [0.15, 0.2) is 10.8 Å². The molecule has 0 aromatic carbocycles. The number of carbonyl (C=O) groups excluding carboxylic acids is 1. The van der Waals surface area contributed by atoms with Gasteiger partial charge < -0.3 is 14.6 Å². The first-order chi connectivity index (χ1) is 9.81. The van der Waals surface area contributed by atoms with Gasteiger partial charge in [0.2, 0.25) is 5.91 Å². The molecule has 1 aromatic rings. The summed E-state index contributed by atoms with van der Waals surface area (Å²) in [5, 5.41) is 3.10. The van der Waals surface area contributed by atoms with Crippen molar-refractivity contribution in [1.29, 1.82) is 0 Å². The molecule has 1 unspecified atom stereocenters. The summed E-state index contributed by atoms with van der Waals surface area (Å²) in [4.78, 5) is 19.2. The van der Waals surface area contributed by atoms with Gasteiger partial charge in [0.1, 0.15) is 6.04 Å². The van der Waals surface area contributed by atoms with Gasteiger partial charge in [-0.15, -0.1) is 0 Å². The predicted octanol–water partition coefficient (Wildman–Crippen LogP) is 2.04. The first-order valence-corrected chi connectivity index (χ1v) is 7.71. The van der Waals surface area contributed by atoms with Crippen LogP contribution in [0.1, 0.15) is 56.0 Å². The van der Waals surface area contributed by atoms with E-state index >= 15 is 0 Å². The lowest BCUT2D eigenvalue weighted by molar-refractivity contribution is -0.136. The minimum atomic E-state index is -0.377. The third-order valence-electron chi connectivity index (χ3n) is 4.61. The summed E-state index contributed by atoms with van der Waals surface area (Å²) < 4.78 is 5.45. The molecule has 1 fully saturated rings. The fourth-order valence-electron chi connectivity index (χ4n) is 3.50. The highest BCUT2D eigenvalue weighted by Gasteiger charge is 2.36. The number of amides is 1. The van der Waals surface area contributed by atoms with Crippen LogP contribution >= 0.6 is 0 Å². The number of rotatable bonds is 2. The van der Waals surface area contributed by atoms with Crippen LogP contribution in [0.25, 0.3) is 0 Å². The molecule has 3 rings (SSSR count). The molecule has 2 heterocycles. The standard InChI is InChI=1S/C15H23N3O2/c1-16-13-14-12(17-10-20-14)8-9-18(15(13)19)11-6-4-2-3-5-7-11/h10-11,13,16H,2-9H2,1H3. The molecule has 2 aliphatic rings. The van der Waals surface area contributed by atoms with E-state index in [-0.39, 0.29) is 11.9 Å². The molecule has 5 heteroatoms. The summed E-state index contributed by atoms with van der Waals surface area (Å²) >= 11 is 0. The molecular formula is C15H23N3O2. The quantitative estimate of drug-likeness (QED) is 0.840. The van der Waals surface area contributed by atoms with Gasteiger partial charge in [-0.25, -0.2) is 4.98 Å². The van der Waals surface area contributed by atoms with E-state index in [9.17, 15) is 4.79 Å². The average molecular weight is 277 g/mol. The summed E-state index contributed by atoms with van der Waals surface area (Å²) in [6, 6.07) is 0.0168. The summed E-state index contributed by atoms with van der Waals surface area (Å²) in [6.07, 6.45) is 9.59. The van der Waals surface area contributed by atoms with Crippen LogP contribution in [0.4, 0.5) is 0 Å². The molecule has 1 aliphatic heterocycles. The van der Waals surface area contributed by atoms with Crippen LogP contribution < -0.4 is 5.32 Å². The van der Waals surface area contributed by atoms with Crippen molar-refractivity contribution in [2.24, 2.45) is 0 Å². The lowest BCUT2D eigenvalue weighted by Gasteiger charge is -2.32. The van der Waals surface area contributed by atoms with Crippen LogP contribution in [0.2, 0.25) is 0 Å². The maximum Gasteiger partial charge on any atom is 0.247 e. The number of nitrogens with zero attached hydrogens (tertiary/aromatic N) is 2. The second-order valence-corrected chi connectivity index (χ2v) is 5.81. The number of carbonyl (C=O) groups is 1. The maximum absolute atomic E-state index is 12.8. The summed E-state index contributed by atoms with van der Waals surface area (Å²) in [5.74, 6) is 0.850. The van der Waals surface area contributed by atoms with Gasteiger partial charge in [0.25, 0.3) is 0 Å². The average Bonchev–Trinajstić information content (AvgIpc) is 2.69. The Balaban J connectivity index is 1.83. The Kier molecular flexibility index (Phi) is 4.05. The predicted molar refractivity (Wildman–Crippen MR) is 75.2 cm³/mol. The zero-order valence-electron chi connectivity index (χ0n) is 12.1. The first-order valence-electron chi connectivity index (χ1n) is 7.71. The number of likely N-dealkylation sites (N-methyl/N-ethyl adjacent to an activating group) is 1. The molecule has 1 N–H and O–H groups in total. The topological polar surface area (TPSA) is 58.4 Å². The zero-order chi connectivity index (χ0) is 13.9. The highest BCUT2D eigenvalue weighted by Crippen LogP contribution is 2.29. The van der Waals surface area contributed by atoms with Crippen molar-refractivity contribution in [1.82, 2.24) is 15.2 Å². The number of oxazole rings is 1. The third-order valence-corrected chi connectivity index (χ3v) is 4.61. The number of hydrogen-bond acceptors (Lipinski definition) is 4. The van der Waals surface area contributed by atoms with E-state index in [1.807, 2.05) is 7.05 Å². The Hall–Kier alpha value is -1.36. The second-order valence-electron chi connectivity index (χ2n) is 5.81. The Morgan fingerprint density at radius 3 is 2.75 bits per heavy atom. The third kappa shape index (κ3) is 2.46. The molecule has 1 aromatic heterocycles. The molecule has 0 saturated heterocycles. The van der Waals surface area contributed by atoms with E-state index in [0.717, 1.165) is 31.5 Å². The van der Waals surface area contributed by atoms with Crippen molar-refractivity contribution >= 4 is 5.91 Å².